The second-order valence-corrected chi connectivity index (χ2v) is 7.81. The predicted octanol–water partition coefficient (Wildman–Crippen LogP) is 1.41. The van der Waals surface area contributed by atoms with Crippen molar-refractivity contribution in [3.8, 4) is 0 Å². The molecule has 0 saturated carbocycles. The van der Waals surface area contributed by atoms with Crippen LogP contribution in [0.4, 0.5) is 0 Å². The summed E-state index contributed by atoms with van der Waals surface area (Å²) in [6, 6.07) is 5.37. The molecule has 2 atom stereocenters. The molecule has 6 nitrogen and oxygen atoms in total. The number of carbonyl (C=O) groups excluding carboxylic acids is 1. The molecule has 1 amide bonds. The fraction of sp³-hybridized carbons (Fsp3) is 0.500. The number of amides is 1. The maximum atomic E-state index is 12.2. The Bertz CT molecular complexity index is 612. The molecule has 0 bridgehead atoms. The summed E-state index contributed by atoms with van der Waals surface area (Å²) >= 11 is 3.25. The third kappa shape index (κ3) is 4.77. The van der Waals surface area contributed by atoms with E-state index in [0.29, 0.717) is 13.2 Å². The van der Waals surface area contributed by atoms with Crippen molar-refractivity contribution >= 4 is 31.9 Å². The molecule has 122 valence electrons. The Morgan fingerprint density at radius 1 is 1.41 bits per heavy atom. The average Bonchev–Trinajstić information content (AvgIpc) is 2.98. The molecule has 0 aliphatic carbocycles. The number of sulfonamides is 1. The number of benzene rings is 1. The van der Waals surface area contributed by atoms with Crippen molar-refractivity contribution < 1.29 is 17.9 Å². The summed E-state index contributed by atoms with van der Waals surface area (Å²) in [6.45, 7) is 2.64. The van der Waals surface area contributed by atoms with Gasteiger partial charge in [-0.05, 0) is 44.0 Å². The molecule has 1 fully saturated rings. The molecule has 2 N–H and O–H groups in total. The highest BCUT2D eigenvalue weighted by molar-refractivity contribution is 9.10. The van der Waals surface area contributed by atoms with Crippen LogP contribution < -0.4 is 10.0 Å². The molecule has 0 radical (unpaired) electrons. The minimum absolute atomic E-state index is 0.0271. The van der Waals surface area contributed by atoms with Crippen molar-refractivity contribution in [2.75, 3.05) is 13.2 Å². The van der Waals surface area contributed by atoms with E-state index in [1.54, 1.807) is 12.1 Å². The quantitative estimate of drug-likeness (QED) is 0.768. The van der Waals surface area contributed by atoms with Gasteiger partial charge in [-0.1, -0.05) is 15.9 Å². The monoisotopic (exact) mass is 390 g/mol. The van der Waals surface area contributed by atoms with Crippen LogP contribution in [-0.4, -0.2) is 39.6 Å². The minimum atomic E-state index is -3.72. The van der Waals surface area contributed by atoms with Gasteiger partial charge in [-0.15, -0.1) is 0 Å². The molecule has 1 aromatic carbocycles. The number of carbonyl (C=O) groups is 1. The molecule has 1 heterocycles. The van der Waals surface area contributed by atoms with Crippen LogP contribution >= 0.6 is 15.9 Å². The minimum Gasteiger partial charge on any atom is -0.376 e. The topological polar surface area (TPSA) is 84.5 Å². The molecule has 1 saturated heterocycles. The number of nitrogens with one attached hydrogen (secondary N) is 2. The van der Waals surface area contributed by atoms with Gasteiger partial charge in [0.1, 0.15) is 0 Å². The van der Waals surface area contributed by atoms with Crippen LogP contribution in [0.25, 0.3) is 0 Å². The van der Waals surface area contributed by atoms with Gasteiger partial charge in [-0.25, -0.2) is 8.42 Å². The van der Waals surface area contributed by atoms with Crippen molar-refractivity contribution in [3.63, 3.8) is 0 Å². The van der Waals surface area contributed by atoms with Gasteiger partial charge in [0, 0.05) is 17.6 Å². The van der Waals surface area contributed by atoms with E-state index in [1.807, 2.05) is 0 Å². The molecule has 1 aromatic rings. The van der Waals surface area contributed by atoms with Crippen LogP contribution in [0.15, 0.2) is 33.6 Å². The van der Waals surface area contributed by atoms with Crippen molar-refractivity contribution in [2.24, 2.45) is 0 Å². The fourth-order valence-electron chi connectivity index (χ4n) is 2.14. The SMILES string of the molecule is C[C@@H](NS(=O)(=O)c1ccc(Br)cc1)C(=O)NC[C@H]1CCCO1. The zero-order valence-electron chi connectivity index (χ0n) is 12.2. The van der Waals surface area contributed by atoms with E-state index in [-0.39, 0.29) is 16.9 Å². The van der Waals surface area contributed by atoms with Gasteiger partial charge in [0.25, 0.3) is 0 Å². The normalized spacial score (nSPS) is 19.8. The van der Waals surface area contributed by atoms with Gasteiger partial charge in [0.05, 0.1) is 17.0 Å². The number of ether oxygens (including phenoxy) is 1. The highest BCUT2D eigenvalue weighted by atomic mass is 79.9. The Morgan fingerprint density at radius 3 is 2.68 bits per heavy atom. The molecular weight excluding hydrogens is 372 g/mol. The number of hydrogen-bond donors (Lipinski definition) is 2. The predicted molar refractivity (Wildman–Crippen MR) is 85.9 cm³/mol. The second kappa shape index (κ2) is 7.54. The van der Waals surface area contributed by atoms with Gasteiger partial charge in [0.15, 0.2) is 0 Å². The number of halogens is 1. The first-order chi connectivity index (χ1) is 10.4. The molecule has 0 spiro atoms. The lowest BCUT2D eigenvalue weighted by atomic mass is 10.2. The lowest BCUT2D eigenvalue weighted by Gasteiger charge is -2.16. The van der Waals surface area contributed by atoms with Crippen LogP contribution in [0.5, 0.6) is 0 Å². The molecule has 1 aliphatic rings. The van der Waals surface area contributed by atoms with Crippen LogP contribution in [0, 0.1) is 0 Å². The third-order valence-electron chi connectivity index (χ3n) is 3.38. The number of rotatable bonds is 6. The van der Waals surface area contributed by atoms with Gasteiger partial charge in [-0.2, -0.15) is 4.72 Å². The van der Waals surface area contributed by atoms with Crippen LogP contribution in [0.2, 0.25) is 0 Å². The summed E-state index contributed by atoms with van der Waals surface area (Å²) in [5.74, 6) is -0.365. The Kier molecular flexibility index (Phi) is 5.96. The van der Waals surface area contributed by atoms with E-state index in [1.165, 1.54) is 19.1 Å². The largest absolute Gasteiger partial charge is 0.376 e. The third-order valence-corrected chi connectivity index (χ3v) is 5.46. The highest BCUT2D eigenvalue weighted by Gasteiger charge is 2.23. The Balaban J connectivity index is 1.90. The molecule has 0 unspecified atom stereocenters. The Labute approximate surface area is 138 Å². The average molecular weight is 391 g/mol. The molecule has 2 rings (SSSR count). The van der Waals surface area contributed by atoms with Gasteiger partial charge in [0.2, 0.25) is 15.9 Å². The summed E-state index contributed by atoms with van der Waals surface area (Å²) in [5, 5.41) is 2.71. The van der Waals surface area contributed by atoms with E-state index in [2.05, 4.69) is 26.0 Å². The Hall–Kier alpha value is -0.960. The molecule has 1 aliphatic heterocycles. The van der Waals surface area contributed by atoms with Crippen LogP contribution in [0.1, 0.15) is 19.8 Å². The lowest BCUT2D eigenvalue weighted by molar-refractivity contribution is -0.122. The first-order valence-electron chi connectivity index (χ1n) is 7.06. The summed E-state index contributed by atoms with van der Waals surface area (Å²) in [4.78, 5) is 12.1. The van der Waals surface area contributed by atoms with Crippen molar-refractivity contribution in [1.29, 1.82) is 0 Å². The smallest absolute Gasteiger partial charge is 0.241 e. The van der Waals surface area contributed by atoms with Gasteiger partial charge in [-0.3, -0.25) is 4.79 Å². The van der Waals surface area contributed by atoms with Crippen molar-refractivity contribution in [2.45, 2.75) is 36.8 Å². The van der Waals surface area contributed by atoms with E-state index in [4.69, 9.17) is 4.74 Å². The summed E-state index contributed by atoms with van der Waals surface area (Å²) in [6.07, 6.45) is 1.94. The fourth-order valence-corrected chi connectivity index (χ4v) is 3.61. The Morgan fingerprint density at radius 2 is 2.09 bits per heavy atom. The molecule has 0 aromatic heterocycles. The standard InChI is InChI=1S/C14H19BrN2O4S/c1-10(14(18)16-9-12-3-2-8-21-12)17-22(19,20)13-6-4-11(15)5-7-13/h4-7,10,12,17H,2-3,8-9H2,1H3,(H,16,18)/t10-,12-/m1/s1. The highest BCUT2D eigenvalue weighted by Crippen LogP contribution is 2.15. The second-order valence-electron chi connectivity index (χ2n) is 5.18. The zero-order chi connectivity index (χ0) is 16.2. The maximum Gasteiger partial charge on any atom is 0.241 e. The van der Waals surface area contributed by atoms with Crippen molar-refractivity contribution in [1.82, 2.24) is 10.0 Å². The summed E-state index contributed by atoms with van der Waals surface area (Å²) in [7, 11) is -3.72. The summed E-state index contributed by atoms with van der Waals surface area (Å²) in [5.41, 5.74) is 0. The van der Waals surface area contributed by atoms with Crippen molar-refractivity contribution in [3.05, 3.63) is 28.7 Å². The van der Waals surface area contributed by atoms with Gasteiger partial charge < -0.3 is 10.1 Å². The first-order valence-corrected chi connectivity index (χ1v) is 9.33. The van der Waals surface area contributed by atoms with E-state index >= 15 is 0 Å². The zero-order valence-corrected chi connectivity index (χ0v) is 14.6. The lowest BCUT2D eigenvalue weighted by Crippen LogP contribution is -2.46. The summed E-state index contributed by atoms with van der Waals surface area (Å²) < 4.78 is 32.9. The maximum absolute atomic E-state index is 12.2. The molecular formula is C14H19BrN2O4S. The van der Waals surface area contributed by atoms with Gasteiger partial charge >= 0.3 is 0 Å². The number of hydrogen-bond acceptors (Lipinski definition) is 4. The van der Waals surface area contributed by atoms with E-state index in [0.717, 1.165) is 17.3 Å². The molecule has 8 heteroatoms. The van der Waals surface area contributed by atoms with E-state index < -0.39 is 16.1 Å². The molecule has 22 heavy (non-hydrogen) atoms. The van der Waals surface area contributed by atoms with E-state index in [9.17, 15) is 13.2 Å². The first kappa shape index (κ1) is 17.4. The van der Waals surface area contributed by atoms with Crippen LogP contribution in [-0.2, 0) is 19.6 Å². The van der Waals surface area contributed by atoms with Crippen LogP contribution in [0.3, 0.4) is 0 Å².